The van der Waals surface area contributed by atoms with Crippen LogP contribution in [0.25, 0.3) is 0 Å². The molecular formula is C19H21ClFN3O3. The third-order valence-electron chi connectivity index (χ3n) is 4.74. The van der Waals surface area contributed by atoms with E-state index in [4.69, 9.17) is 11.6 Å². The summed E-state index contributed by atoms with van der Waals surface area (Å²) < 4.78 is 15.1. The SMILES string of the molecule is CN(C)CCc1c(C=O)c(O)c2n1CCN(Cc1ccc(F)c(Cl)c1)C2=O. The number of halogens is 2. The second-order valence-corrected chi connectivity index (χ2v) is 7.26. The molecule has 0 saturated heterocycles. The van der Waals surface area contributed by atoms with Gasteiger partial charge < -0.3 is 19.5 Å². The molecule has 8 heteroatoms. The van der Waals surface area contributed by atoms with Gasteiger partial charge >= 0.3 is 0 Å². The van der Waals surface area contributed by atoms with Crippen molar-refractivity contribution in [3.05, 3.63) is 51.6 Å². The van der Waals surface area contributed by atoms with E-state index in [1.165, 1.54) is 12.1 Å². The third kappa shape index (κ3) is 3.70. The average molecular weight is 394 g/mol. The van der Waals surface area contributed by atoms with Gasteiger partial charge in [-0.1, -0.05) is 17.7 Å². The number of fused-ring (bicyclic) bond motifs is 1. The van der Waals surface area contributed by atoms with Crippen LogP contribution in [0.5, 0.6) is 5.75 Å². The number of benzene rings is 1. The van der Waals surface area contributed by atoms with Crippen molar-refractivity contribution in [2.24, 2.45) is 0 Å². The highest BCUT2D eigenvalue weighted by Gasteiger charge is 2.33. The number of aromatic nitrogens is 1. The molecule has 1 amide bonds. The molecule has 0 saturated carbocycles. The van der Waals surface area contributed by atoms with Gasteiger partial charge in [-0.3, -0.25) is 9.59 Å². The highest BCUT2D eigenvalue weighted by Crippen LogP contribution is 2.33. The van der Waals surface area contributed by atoms with Crippen LogP contribution in [0, 0.1) is 5.82 Å². The van der Waals surface area contributed by atoms with E-state index in [1.807, 2.05) is 19.0 Å². The second kappa shape index (κ2) is 7.70. The molecule has 1 aromatic heterocycles. The molecule has 3 rings (SSSR count). The van der Waals surface area contributed by atoms with Gasteiger partial charge in [0.15, 0.2) is 17.7 Å². The van der Waals surface area contributed by atoms with Crippen molar-refractivity contribution in [2.75, 3.05) is 27.2 Å². The first-order valence-electron chi connectivity index (χ1n) is 8.61. The smallest absolute Gasteiger partial charge is 0.274 e. The van der Waals surface area contributed by atoms with Gasteiger partial charge in [-0.15, -0.1) is 0 Å². The summed E-state index contributed by atoms with van der Waals surface area (Å²) in [5.74, 6) is -1.15. The Morgan fingerprint density at radius 1 is 1.33 bits per heavy atom. The summed E-state index contributed by atoms with van der Waals surface area (Å²) in [6.45, 7) is 1.82. The van der Waals surface area contributed by atoms with Gasteiger partial charge in [0.2, 0.25) is 0 Å². The topological polar surface area (TPSA) is 65.8 Å². The Morgan fingerprint density at radius 3 is 2.70 bits per heavy atom. The van der Waals surface area contributed by atoms with Crippen molar-refractivity contribution < 1.29 is 19.1 Å². The van der Waals surface area contributed by atoms with E-state index in [-0.39, 0.29) is 34.5 Å². The number of hydrogen-bond donors (Lipinski definition) is 1. The van der Waals surface area contributed by atoms with Crippen LogP contribution in [0.3, 0.4) is 0 Å². The molecule has 0 radical (unpaired) electrons. The van der Waals surface area contributed by atoms with Crippen LogP contribution in [0.2, 0.25) is 5.02 Å². The monoisotopic (exact) mass is 393 g/mol. The minimum atomic E-state index is -0.516. The molecule has 0 aliphatic carbocycles. The van der Waals surface area contributed by atoms with Gasteiger partial charge in [0.05, 0.1) is 10.6 Å². The first kappa shape index (κ1) is 19.4. The van der Waals surface area contributed by atoms with Gasteiger partial charge in [0.25, 0.3) is 5.91 Å². The van der Waals surface area contributed by atoms with E-state index in [0.29, 0.717) is 43.6 Å². The fourth-order valence-electron chi connectivity index (χ4n) is 3.34. The van der Waals surface area contributed by atoms with Crippen molar-refractivity contribution in [3.8, 4) is 5.75 Å². The highest BCUT2D eigenvalue weighted by atomic mass is 35.5. The van der Waals surface area contributed by atoms with Crippen LogP contribution in [0.1, 0.15) is 32.1 Å². The van der Waals surface area contributed by atoms with Crippen LogP contribution in [0.4, 0.5) is 4.39 Å². The Bertz CT molecular complexity index is 895. The van der Waals surface area contributed by atoms with Gasteiger partial charge in [0, 0.05) is 38.3 Å². The summed E-state index contributed by atoms with van der Waals surface area (Å²) in [7, 11) is 3.84. The lowest BCUT2D eigenvalue weighted by molar-refractivity contribution is 0.0685. The summed E-state index contributed by atoms with van der Waals surface area (Å²) in [5, 5.41) is 10.5. The van der Waals surface area contributed by atoms with Crippen molar-refractivity contribution in [3.63, 3.8) is 0 Å². The molecule has 1 N–H and O–H groups in total. The number of carbonyl (C=O) groups excluding carboxylic acids is 2. The van der Waals surface area contributed by atoms with E-state index in [2.05, 4.69) is 0 Å². The van der Waals surface area contributed by atoms with Gasteiger partial charge in [-0.05, 0) is 31.8 Å². The number of aldehydes is 1. The molecule has 0 atom stereocenters. The van der Waals surface area contributed by atoms with E-state index in [9.17, 15) is 19.1 Å². The quantitative estimate of drug-likeness (QED) is 0.766. The average Bonchev–Trinajstić information content (AvgIpc) is 2.90. The van der Waals surface area contributed by atoms with Crippen LogP contribution in [-0.4, -0.2) is 58.9 Å². The third-order valence-corrected chi connectivity index (χ3v) is 5.03. The molecule has 1 aliphatic rings. The molecular weight excluding hydrogens is 373 g/mol. The maximum absolute atomic E-state index is 13.3. The largest absolute Gasteiger partial charge is 0.505 e. The Morgan fingerprint density at radius 2 is 2.07 bits per heavy atom. The maximum atomic E-state index is 13.3. The van der Waals surface area contributed by atoms with Crippen molar-refractivity contribution in [2.45, 2.75) is 19.5 Å². The fourth-order valence-corrected chi connectivity index (χ4v) is 3.54. The number of aromatic hydroxyl groups is 1. The minimum absolute atomic E-state index is 0.00241. The van der Waals surface area contributed by atoms with Crippen LogP contribution in [0.15, 0.2) is 18.2 Å². The van der Waals surface area contributed by atoms with Crippen LogP contribution >= 0.6 is 11.6 Å². The molecule has 1 aliphatic heterocycles. The Kier molecular flexibility index (Phi) is 5.53. The summed E-state index contributed by atoms with van der Waals surface area (Å²) in [6, 6.07) is 4.31. The first-order valence-corrected chi connectivity index (χ1v) is 8.98. The molecule has 0 spiro atoms. The van der Waals surface area contributed by atoms with E-state index in [1.54, 1.807) is 15.5 Å². The summed E-state index contributed by atoms with van der Waals surface area (Å²) in [4.78, 5) is 28.0. The highest BCUT2D eigenvalue weighted by molar-refractivity contribution is 6.30. The van der Waals surface area contributed by atoms with Crippen LogP contribution in [-0.2, 0) is 19.5 Å². The molecule has 0 fully saturated rings. The predicted octanol–water partition coefficient (Wildman–Crippen LogP) is 2.56. The normalized spacial score (nSPS) is 14.0. The maximum Gasteiger partial charge on any atom is 0.274 e. The number of hydrogen-bond acceptors (Lipinski definition) is 4. The molecule has 144 valence electrons. The number of likely N-dealkylation sites (N-methyl/N-ethyl adjacent to an activating group) is 1. The molecule has 2 aromatic rings. The number of nitrogens with zero attached hydrogens (tertiary/aromatic N) is 3. The Labute approximate surface area is 161 Å². The van der Waals surface area contributed by atoms with E-state index in [0.717, 1.165) is 0 Å². The molecule has 0 bridgehead atoms. The zero-order chi connectivity index (χ0) is 19.7. The summed E-state index contributed by atoms with van der Waals surface area (Å²) >= 11 is 5.81. The lowest BCUT2D eigenvalue weighted by Crippen LogP contribution is -2.40. The fraction of sp³-hybridized carbons (Fsp3) is 0.368. The standard InChI is InChI=1S/C19H21ClFN3O3/c1-22(2)6-5-16-13(11-25)18(26)17-19(27)23(7-8-24(16)17)10-12-3-4-15(21)14(20)9-12/h3-4,9,11,26H,5-8,10H2,1-2H3. The van der Waals surface area contributed by atoms with E-state index >= 15 is 0 Å². The molecule has 1 aromatic carbocycles. The lowest BCUT2D eigenvalue weighted by Gasteiger charge is -2.29. The van der Waals surface area contributed by atoms with Gasteiger partial charge in [0.1, 0.15) is 5.82 Å². The second-order valence-electron chi connectivity index (χ2n) is 6.86. The summed E-state index contributed by atoms with van der Waals surface area (Å²) in [6.07, 6.45) is 1.15. The zero-order valence-electron chi connectivity index (χ0n) is 15.2. The Hall–Kier alpha value is -2.38. The Balaban J connectivity index is 1.90. The molecule has 27 heavy (non-hydrogen) atoms. The molecule has 0 unspecified atom stereocenters. The number of carbonyl (C=O) groups is 2. The zero-order valence-corrected chi connectivity index (χ0v) is 16.0. The van der Waals surface area contributed by atoms with E-state index < -0.39 is 5.82 Å². The van der Waals surface area contributed by atoms with Crippen molar-refractivity contribution in [1.29, 1.82) is 0 Å². The lowest BCUT2D eigenvalue weighted by atomic mass is 10.1. The van der Waals surface area contributed by atoms with Gasteiger partial charge in [-0.25, -0.2) is 4.39 Å². The predicted molar refractivity (Wildman–Crippen MR) is 99.9 cm³/mol. The van der Waals surface area contributed by atoms with Crippen molar-refractivity contribution >= 4 is 23.8 Å². The summed E-state index contributed by atoms with van der Waals surface area (Å²) in [5.41, 5.74) is 1.67. The van der Waals surface area contributed by atoms with Crippen LogP contribution < -0.4 is 0 Å². The number of amides is 1. The molecule has 6 nitrogen and oxygen atoms in total. The molecule has 2 heterocycles. The minimum Gasteiger partial charge on any atom is -0.505 e. The van der Waals surface area contributed by atoms with Gasteiger partial charge in [-0.2, -0.15) is 0 Å². The first-order chi connectivity index (χ1) is 12.8. The number of rotatable bonds is 6. The van der Waals surface area contributed by atoms with Crippen molar-refractivity contribution in [1.82, 2.24) is 14.4 Å².